The number of aliphatic hydroxyl groups excluding tert-OH is 1. The molecule has 0 saturated heterocycles. The minimum Gasteiger partial charge on any atom is -0.388 e. The van der Waals surface area contributed by atoms with Gasteiger partial charge in [-0.2, -0.15) is 0 Å². The van der Waals surface area contributed by atoms with Crippen LogP contribution in [0.3, 0.4) is 0 Å². The van der Waals surface area contributed by atoms with E-state index in [9.17, 15) is 5.11 Å². The van der Waals surface area contributed by atoms with Gasteiger partial charge in [0.2, 0.25) is 0 Å². The van der Waals surface area contributed by atoms with Gasteiger partial charge < -0.3 is 10.8 Å². The molecule has 0 aliphatic carbocycles. The van der Waals surface area contributed by atoms with Crippen LogP contribution >= 0.6 is 23.2 Å². The molecule has 2 aromatic rings. The smallest absolute Gasteiger partial charge is 0.0886 e. The molecule has 2 atom stereocenters. The maximum Gasteiger partial charge on any atom is 0.0886 e. The summed E-state index contributed by atoms with van der Waals surface area (Å²) in [5, 5.41) is 11.5. The Bertz CT molecular complexity index is 548. The number of hydrogen-bond acceptors (Lipinski definition) is 3. The minimum absolute atomic E-state index is 0.273. The van der Waals surface area contributed by atoms with E-state index in [2.05, 4.69) is 4.98 Å². The molecule has 3 N–H and O–H groups in total. The van der Waals surface area contributed by atoms with Crippen LogP contribution in [0.15, 0.2) is 42.7 Å². The lowest BCUT2D eigenvalue weighted by molar-refractivity contribution is 0.147. The molecule has 2 rings (SSSR count). The molecule has 5 heteroatoms. The topological polar surface area (TPSA) is 59.1 Å². The highest BCUT2D eigenvalue weighted by Crippen LogP contribution is 2.35. The third-order valence-electron chi connectivity index (χ3n) is 3.02. The third-order valence-corrected chi connectivity index (χ3v) is 3.60. The van der Waals surface area contributed by atoms with Crippen molar-refractivity contribution in [1.82, 2.24) is 4.98 Å². The van der Waals surface area contributed by atoms with Crippen molar-refractivity contribution in [2.45, 2.75) is 12.0 Å². The van der Waals surface area contributed by atoms with E-state index in [1.54, 1.807) is 30.6 Å². The zero-order valence-corrected chi connectivity index (χ0v) is 11.6. The number of hydrogen-bond donors (Lipinski definition) is 2. The molecular formula is C14H14Cl2N2O. The highest BCUT2D eigenvalue weighted by Gasteiger charge is 2.23. The lowest BCUT2D eigenvalue weighted by Crippen LogP contribution is -2.20. The molecule has 0 amide bonds. The minimum atomic E-state index is -0.819. The van der Waals surface area contributed by atoms with Crippen LogP contribution in [0, 0.1) is 0 Å². The highest BCUT2D eigenvalue weighted by molar-refractivity contribution is 6.33. The van der Waals surface area contributed by atoms with Crippen molar-refractivity contribution in [3.05, 3.63) is 63.9 Å². The van der Waals surface area contributed by atoms with Crippen LogP contribution in [0.1, 0.15) is 23.1 Å². The number of aliphatic hydroxyl groups is 1. The normalized spacial score (nSPS) is 14.1. The average molecular weight is 297 g/mol. The van der Waals surface area contributed by atoms with Gasteiger partial charge in [-0.15, -0.1) is 0 Å². The van der Waals surface area contributed by atoms with Crippen molar-refractivity contribution in [1.29, 1.82) is 0 Å². The second-order valence-corrected chi connectivity index (χ2v) is 5.08. The Hall–Kier alpha value is -1.13. The summed E-state index contributed by atoms with van der Waals surface area (Å²) >= 11 is 12.0. The number of rotatable bonds is 4. The Morgan fingerprint density at radius 3 is 2.68 bits per heavy atom. The maximum atomic E-state index is 10.5. The predicted octanol–water partition coefficient (Wildman–Crippen LogP) is 3.16. The van der Waals surface area contributed by atoms with Gasteiger partial charge in [0.15, 0.2) is 0 Å². The molecule has 0 bridgehead atoms. The standard InChI is InChI=1S/C14H14Cl2N2O/c15-10-3-4-13(16)11(6-10)14(19)12(7-17)9-2-1-5-18-8-9/h1-6,8,12,14,19H,7,17H2. The van der Waals surface area contributed by atoms with Crippen molar-refractivity contribution < 1.29 is 5.11 Å². The van der Waals surface area contributed by atoms with Crippen LogP contribution in [-0.2, 0) is 0 Å². The summed E-state index contributed by atoms with van der Waals surface area (Å²) in [7, 11) is 0. The van der Waals surface area contributed by atoms with Crippen molar-refractivity contribution in [3.63, 3.8) is 0 Å². The van der Waals surface area contributed by atoms with Gasteiger partial charge in [-0.1, -0.05) is 29.3 Å². The van der Waals surface area contributed by atoms with Crippen molar-refractivity contribution in [3.8, 4) is 0 Å². The lowest BCUT2D eigenvalue weighted by Gasteiger charge is -2.23. The fraction of sp³-hybridized carbons (Fsp3) is 0.214. The van der Waals surface area contributed by atoms with Gasteiger partial charge in [0, 0.05) is 40.5 Å². The highest BCUT2D eigenvalue weighted by atomic mass is 35.5. The summed E-state index contributed by atoms with van der Waals surface area (Å²) < 4.78 is 0. The molecule has 19 heavy (non-hydrogen) atoms. The summed E-state index contributed by atoms with van der Waals surface area (Å²) in [6.07, 6.45) is 2.55. The van der Waals surface area contributed by atoms with Crippen molar-refractivity contribution in [2.75, 3.05) is 6.54 Å². The fourth-order valence-electron chi connectivity index (χ4n) is 2.00. The molecule has 0 aliphatic heterocycles. The Labute approximate surface area is 122 Å². The summed E-state index contributed by atoms with van der Waals surface area (Å²) in [5.41, 5.74) is 7.21. The van der Waals surface area contributed by atoms with Gasteiger partial charge in [-0.3, -0.25) is 4.98 Å². The molecule has 2 unspecified atom stereocenters. The fourth-order valence-corrected chi connectivity index (χ4v) is 2.41. The van der Waals surface area contributed by atoms with E-state index in [1.807, 2.05) is 12.1 Å². The van der Waals surface area contributed by atoms with Crippen LogP contribution in [0.4, 0.5) is 0 Å². The van der Waals surface area contributed by atoms with E-state index in [-0.39, 0.29) is 12.5 Å². The van der Waals surface area contributed by atoms with Crippen LogP contribution in [0.5, 0.6) is 0 Å². The van der Waals surface area contributed by atoms with E-state index in [4.69, 9.17) is 28.9 Å². The predicted molar refractivity (Wildman–Crippen MR) is 77.5 cm³/mol. The first kappa shape index (κ1) is 14.3. The zero-order valence-electron chi connectivity index (χ0n) is 10.1. The average Bonchev–Trinajstić information content (AvgIpc) is 2.43. The van der Waals surface area contributed by atoms with Crippen molar-refractivity contribution >= 4 is 23.2 Å². The van der Waals surface area contributed by atoms with Gasteiger partial charge in [0.05, 0.1) is 6.10 Å². The molecule has 3 nitrogen and oxygen atoms in total. The van der Waals surface area contributed by atoms with Gasteiger partial charge >= 0.3 is 0 Å². The van der Waals surface area contributed by atoms with Gasteiger partial charge in [0.1, 0.15) is 0 Å². The number of aromatic nitrogens is 1. The van der Waals surface area contributed by atoms with Gasteiger partial charge in [-0.05, 0) is 29.8 Å². The van der Waals surface area contributed by atoms with Gasteiger partial charge in [0.25, 0.3) is 0 Å². The van der Waals surface area contributed by atoms with Crippen LogP contribution < -0.4 is 5.73 Å². The molecule has 0 fully saturated rings. The first-order valence-electron chi connectivity index (χ1n) is 5.86. The molecule has 0 aliphatic rings. The zero-order chi connectivity index (χ0) is 13.8. The second-order valence-electron chi connectivity index (χ2n) is 4.24. The maximum absolute atomic E-state index is 10.5. The molecule has 0 radical (unpaired) electrons. The van der Waals surface area contributed by atoms with Crippen LogP contribution in [-0.4, -0.2) is 16.6 Å². The molecular weight excluding hydrogens is 283 g/mol. The SMILES string of the molecule is NCC(c1cccnc1)C(O)c1cc(Cl)ccc1Cl. The molecule has 0 saturated carbocycles. The van der Waals surface area contributed by atoms with E-state index in [0.717, 1.165) is 5.56 Å². The summed E-state index contributed by atoms with van der Waals surface area (Å²) in [6.45, 7) is 0.287. The second kappa shape index (κ2) is 6.35. The van der Waals surface area contributed by atoms with E-state index in [1.165, 1.54) is 0 Å². The number of pyridine rings is 1. The lowest BCUT2D eigenvalue weighted by atomic mass is 9.90. The molecule has 1 aromatic heterocycles. The number of nitrogens with two attached hydrogens (primary N) is 1. The number of benzene rings is 1. The van der Waals surface area contributed by atoms with E-state index in [0.29, 0.717) is 15.6 Å². The quantitative estimate of drug-likeness (QED) is 0.911. The van der Waals surface area contributed by atoms with E-state index < -0.39 is 6.10 Å². The number of nitrogens with zero attached hydrogens (tertiary/aromatic N) is 1. The first-order chi connectivity index (χ1) is 9.13. The first-order valence-corrected chi connectivity index (χ1v) is 6.62. The third kappa shape index (κ3) is 3.25. The molecule has 100 valence electrons. The molecule has 1 heterocycles. The summed E-state index contributed by atoms with van der Waals surface area (Å²) in [5.74, 6) is -0.273. The number of halogens is 2. The summed E-state index contributed by atoms with van der Waals surface area (Å²) in [4.78, 5) is 4.04. The Morgan fingerprint density at radius 1 is 1.26 bits per heavy atom. The van der Waals surface area contributed by atoms with Crippen molar-refractivity contribution in [2.24, 2.45) is 5.73 Å². The monoisotopic (exact) mass is 296 g/mol. The summed E-state index contributed by atoms with van der Waals surface area (Å²) in [6, 6.07) is 8.70. The Balaban J connectivity index is 2.36. The van der Waals surface area contributed by atoms with Crippen LogP contribution in [0.25, 0.3) is 0 Å². The van der Waals surface area contributed by atoms with Crippen LogP contribution in [0.2, 0.25) is 10.0 Å². The van der Waals surface area contributed by atoms with Gasteiger partial charge in [-0.25, -0.2) is 0 Å². The largest absolute Gasteiger partial charge is 0.388 e. The Kier molecular flexibility index (Phi) is 4.77. The Morgan fingerprint density at radius 2 is 2.05 bits per heavy atom. The van der Waals surface area contributed by atoms with E-state index >= 15 is 0 Å². The molecule has 0 spiro atoms. The molecule has 1 aromatic carbocycles.